The number of benzene rings is 2. The highest BCUT2D eigenvalue weighted by molar-refractivity contribution is 5.94. The zero-order valence-corrected chi connectivity index (χ0v) is 15.5. The van der Waals surface area contributed by atoms with E-state index in [1.54, 1.807) is 24.3 Å². The highest BCUT2D eigenvalue weighted by Gasteiger charge is 2.50. The molecule has 0 saturated carbocycles. The van der Waals surface area contributed by atoms with Crippen LogP contribution in [0.15, 0.2) is 54.6 Å². The number of rotatable bonds is 4. The van der Waals surface area contributed by atoms with E-state index >= 15 is 0 Å². The van der Waals surface area contributed by atoms with Gasteiger partial charge < -0.3 is 19.5 Å². The van der Waals surface area contributed by atoms with Crippen LogP contribution < -0.4 is 10.6 Å². The van der Waals surface area contributed by atoms with Crippen molar-refractivity contribution in [3.05, 3.63) is 65.7 Å². The van der Waals surface area contributed by atoms with Crippen LogP contribution in [-0.2, 0) is 14.2 Å². The van der Waals surface area contributed by atoms with Gasteiger partial charge in [-0.3, -0.25) is 10.1 Å². The fourth-order valence-electron chi connectivity index (χ4n) is 3.45. The second-order valence-corrected chi connectivity index (χ2v) is 6.98. The Hall–Kier alpha value is -2.90. The first-order valence-electron chi connectivity index (χ1n) is 9.23. The van der Waals surface area contributed by atoms with E-state index in [-0.39, 0.29) is 24.7 Å². The van der Waals surface area contributed by atoms with E-state index in [0.717, 1.165) is 5.56 Å². The third kappa shape index (κ3) is 4.00. The summed E-state index contributed by atoms with van der Waals surface area (Å²) in [6, 6.07) is 16.1. The number of para-hydroxylation sites is 1. The van der Waals surface area contributed by atoms with Crippen LogP contribution in [0.5, 0.6) is 0 Å². The first-order valence-corrected chi connectivity index (χ1v) is 9.23. The molecule has 4 atom stereocenters. The van der Waals surface area contributed by atoms with Gasteiger partial charge in [-0.1, -0.05) is 35.9 Å². The van der Waals surface area contributed by atoms with Crippen LogP contribution in [0.25, 0.3) is 0 Å². The van der Waals surface area contributed by atoms with E-state index in [1.165, 1.54) is 0 Å². The Bertz CT molecular complexity index is 840. The maximum absolute atomic E-state index is 12.4. The first kappa shape index (κ1) is 18.5. The number of hydrogen-bond acceptors (Lipinski definition) is 5. The van der Waals surface area contributed by atoms with Crippen LogP contribution >= 0.6 is 0 Å². The molecule has 0 radical (unpaired) electrons. The zero-order valence-electron chi connectivity index (χ0n) is 15.5. The molecule has 2 aromatic rings. The summed E-state index contributed by atoms with van der Waals surface area (Å²) in [6.45, 7) is 2.51. The number of amides is 2. The summed E-state index contributed by atoms with van der Waals surface area (Å²) >= 11 is 0. The van der Waals surface area contributed by atoms with Crippen molar-refractivity contribution in [1.82, 2.24) is 5.32 Å². The summed E-state index contributed by atoms with van der Waals surface area (Å²) < 4.78 is 17.0. The maximum atomic E-state index is 12.4. The smallest absolute Gasteiger partial charge is 0.412 e. The van der Waals surface area contributed by atoms with Crippen LogP contribution in [0.4, 0.5) is 10.5 Å². The van der Waals surface area contributed by atoms with Crippen molar-refractivity contribution in [3.8, 4) is 0 Å². The van der Waals surface area contributed by atoms with Crippen molar-refractivity contribution in [2.24, 2.45) is 0 Å². The quantitative estimate of drug-likeness (QED) is 0.849. The molecule has 0 aromatic heterocycles. The van der Waals surface area contributed by atoms with E-state index < -0.39 is 18.3 Å². The summed E-state index contributed by atoms with van der Waals surface area (Å²) in [5, 5.41) is 5.63. The average Bonchev–Trinajstić information content (AvgIpc) is 3.27. The van der Waals surface area contributed by atoms with E-state index in [9.17, 15) is 9.59 Å². The molecule has 2 N–H and O–H groups in total. The number of nitrogens with one attached hydrogen (secondary N) is 2. The minimum absolute atomic E-state index is 0.177. The average molecular weight is 382 g/mol. The number of carbonyl (C=O) groups excluding carboxylic acids is 2. The number of hydrogen-bond donors (Lipinski definition) is 2. The Balaban J connectivity index is 1.32. The number of fused-ring (bicyclic) bond motifs is 1. The number of carbonyl (C=O) groups is 2. The van der Waals surface area contributed by atoms with Gasteiger partial charge in [0.25, 0.3) is 5.91 Å². The van der Waals surface area contributed by atoms with Crippen molar-refractivity contribution in [2.75, 3.05) is 18.5 Å². The van der Waals surface area contributed by atoms with Crippen molar-refractivity contribution in [2.45, 2.75) is 31.3 Å². The van der Waals surface area contributed by atoms with Gasteiger partial charge in [0.1, 0.15) is 12.2 Å². The lowest BCUT2D eigenvalue weighted by atomic mass is 10.1. The van der Waals surface area contributed by atoms with Gasteiger partial charge in [0, 0.05) is 11.3 Å². The summed E-state index contributed by atoms with van der Waals surface area (Å²) in [7, 11) is 0. The Morgan fingerprint density at radius 1 is 0.964 bits per heavy atom. The van der Waals surface area contributed by atoms with E-state index in [4.69, 9.17) is 14.2 Å². The Labute approximate surface area is 163 Å². The van der Waals surface area contributed by atoms with Gasteiger partial charge in [-0.25, -0.2) is 4.79 Å². The molecule has 2 heterocycles. The highest BCUT2D eigenvalue weighted by Crippen LogP contribution is 2.29. The maximum Gasteiger partial charge on any atom is 0.412 e. The molecule has 2 aromatic carbocycles. The highest BCUT2D eigenvalue weighted by atomic mass is 16.6. The molecule has 0 unspecified atom stereocenters. The van der Waals surface area contributed by atoms with Crippen LogP contribution in [0.3, 0.4) is 0 Å². The predicted molar refractivity (Wildman–Crippen MR) is 102 cm³/mol. The number of anilines is 1. The lowest BCUT2D eigenvalue weighted by Gasteiger charge is -2.18. The molecule has 28 heavy (non-hydrogen) atoms. The van der Waals surface area contributed by atoms with Crippen LogP contribution in [0.2, 0.25) is 0 Å². The number of aryl methyl sites for hydroxylation is 1. The Morgan fingerprint density at radius 2 is 1.68 bits per heavy atom. The molecule has 0 aliphatic carbocycles. The predicted octanol–water partition coefficient (Wildman–Crippen LogP) is 2.51. The fraction of sp³-hybridized carbons (Fsp3) is 0.333. The van der Waals surface area contributed by atoms with E-state index in [1.807, 2.05) is 37.3 Å². The molecule has 0 bridgehead atoms. The molecule has 146 valence electrons. The van der Waals surface area contributed by atoms with Gasteiger partial charge >= 0.3 is 6.09 Å². The van der Waals surface area contributed by atoms with Crippen LogP contribution in [0.1, 0.15) is 15.9 Å². The third-order valence-electron chi connectivity index (χ3n) is 4.92. The van der Waals surface area contributed by atoms with Crippen molar-refractivity contribution in [3.63, 3.8) is 0 Å². The van der Waals surface area contributed by atoms with Gasteiger partial charge in [0.2, 0.25) is 0 Å². The molecular weight excluding hydrogens is 360 g/mol. The zero-order chi connectivity index (χ0) is 19.5. The van der Waals surface area contributed by atoms with Gasteiger partial charge in [-0.2, -0.15) is 0 Å². The summed E-state index contributed by atoms with van der Waals surface area (Å²) in [4.78, 5) is 24.6. The largest absolute Gasteiger partial charge is 0.441 e. The lowest BCUT2D eigenvalue weighted by Crippen LogP contribution is -2.44. The minimum atomic E-state index is -0.559. The molecular formula is C21H22N2O5. The molecule has 2 amide bonds. The molecule has 2 aliphatic rings. The van der Waals surface area contributed by atoms with Gasteiger partial charge in [0.15, 0.2) is 6.10 Å². The molecule has 2 fully saturated rings. The van der Waals surface area contributed by atoms with Gasteiger partial charge in [0.05, 0.1) is 19.3 Å². The first-order chi connectivity index (χ1) is 13.6. The molecule has 7 heteroatoms. The summed E-state index contributed by atoms with van der Waals surface area (Å²) in [5.41, 5.74) is 2.33. The number of ether oxygens (including phenoxy) is 3. The van der Waals surface area contributed by atoms with Crippen LogP contribution in [-0.4, -0.2) is 49.6 Å². The second kappa shape index (κ2) is 8.00. The van der Waals surface area contributed by atoms with E-state index in [2.05, 4.69) is 10.6 Å². The van der Waals surface area contributed by atoms with Gasteiger partial charge in [-0.15, -0.1) is 0 Å². The normalized spacial score (nSPS) is 25.8. The standard InChI is InChI=1S/C21H22N2O5/c1-13-7-9-14(10-8-13)20(24)23-16-11-26-19-17(12-27-18(16)19)28-21(25)22-15-5-3-2-4-6-15/h2-10,16-19H,11-12H2,1H3,(H,22,25)(H,23,24)/t16-,17+,18+,19+/m0/s1. The lowest BCUT2D eigenvalue weighted by molar-refractivity contribution is 0.00862. The Kier molecular flexibility index (Phi) is 5.27. The fourth-order valence-corrected chi connectivity index (χ4v) is 3.45. The molecule has 4 rings (SSSR count). The third-order valence-corrected chi connectivity index (χ3v) is 4.92. The molecule has 2 aliphatic heterocycles. The molecule has 0 spiro atoms. The van der Waals surface area contributed by atoms with Crippen LogP contribution in [0, 0.1) is 6.92 Å². The Morgan fingerprint density at radius 3 is 2.43 bits per heavy atom. The van der Waals surface area contributed by atoms with Crippen molar-refractivity contribution in [1.29, 1.82) is 0 Å². The molecule has 2 saturated heterocycles. The minimum Gasteiger partial charge on any atom is -0.441 e. The van der Waals surface area contributed by atoms with Gasteiger partial charge in [-0.05, 0) is 31.2 Å². The topological polar surface area (TPSA) is 85.9 Å². The SMILES string of the molecule is Cc1ccc(C(=O)N[C@H]2CO[C@H]3[C@@H]2OC[C@H]3OC(=O)Nc2ccccc2)cc1. The summed E-state index contributed by atoms with van der Waals surface area (Å²) in [5.74, 6) is -0.177. The molecule has 7 nitrogen and oxygen atoms in total. The van der Waals surface area contributed by atoms with Crippen molar-refractivity contribution >= 4 is 17.7 Å². The van der Waals surface area contributed by atoms with Crippen molar-refractivity contribution < 1.29 is 23.8 Å². The monoisotopic (exact) mass is 382 g/mol. The van der Waals surface area contributed by atoms with E-state index in [0.29, 0.717) is 17.9 Å². The summed E-state index contributed by atoms with van der Waals surface area (Å²) in [6.07, 6.45) is -1.82. The second-order valence-electron chi connectivity index (χ2n) is 6.98.